The Labute approximate surface area is 244 Å². The third-order valence-corrected chi connectivity index (χ3v) is 7.63. The zero-order chi connectivity index (χ0) is 31.2. The second-order valence-electron chi connectivity index (χ2n) is 10.0. The van der Waals surface area contributed by atoms with Crippen molar-refractivity contribution in [2.75, 3.05) is 57.2 Å². The Morgan fingerprint density at radius 2 is 1.79 bits per heavy atom. The number of benzene rings is 2. The first-order valence-electron chi connectivity index (χ1n) is 12.9. The number of hydrogen-bond donors (Lipinski definition) is 2. The van der Waals surface area contributed by atoms with E-state index in [1.54, 1.807) is 37.3 Å². The highest BCUT2D eigenvalue weighted by atomic mass is 32.2. The van der Waals surface area contributed by atoms with E-state index in [-0.39, 0.29) is 36.1 Å². The van der Waals surface area contributed by atoms with Crippen LogP contribution in [0.1, 0.15) is 32.7 Å². The summed E-state index contributed by atoms with van der Waals surface area (Å²) in [5.74, 6) is -0.128. The summed E-state index contributed by atoms with van der Waals surface area (Å²) < 4.78 is 72.5. The van der Waals surface area contributed by atoms with Gasteiger partial charge in [-0.2, -0.15) is 13.2 Å². The van der Waals surface area contributed by atoms with Crippen LogP contribution in [-0.4, -0.2) is 76.8 Å². The summed E-state index contributed by atoms with van der Waals surface area (Å²) in [7, 11) is 2.99. The molecule has 3 rings (SSSR count). The third-order valence-electron chi connectivity index (χ3n) is 6.44. The standard InChI is InChI=1S/C28H35F3N6O4S/c1-18-7-8-19(24(15-18)37(4)42(6,39)40)9-11-22-21(28(29,30)31)17-33-27(34-22)35-23-12-10-20(16-25(23)41-5)26(38)32-13-14-36(2)3/h7-8,10,12,15-17H,9,11,13-14H2,1-6H3,(H,32,38)(H,33,34,35). The average molecular weight is 609 g/mol. The molecule has 14 heteroatoms. The molecule has 2 aromatic carbocycles. The van der Waals surface area contributed by atoms with E-state index in [9.17, 15) is 26.4 Å². The number of nitrogens with one attached hydrogen (secondary N) is 2. The molecule has 0 spiro atoms. The molecule has 0 bridgehead atoms. The summed E-state index contributed by atoms with van der Waals surface area (Å²) in [5, 5.41) is 5.69. The van der Waals surface area contributed by atoms with Gasteiger partial charge in [-0.25, -0.2) is 18.4 Å². The van der Waals surface area contributed by atoms with Crippen molar-refractivity contribution in [3.05, 3.63) is 70.5 Å². The first kappa shape index (κ1) is 32.6. The molecule has 0 saturated heterocycles. The van der Waals surface area contributed by atoms with Crippen molar-refractivity contribution in [3.8, 4) is 5.75 Å². The van der Waals surface area contributed by atoms with E-state index >= 15 is 0 Å². The third kappa shape index (κ3) is 8.55. The van der Waals surface area contributed by atoms with Crippen molar-refractivity contribution in [2.45, 2.75) is 25.9 Å². The topological polar surface area (TPSA) is 117 Å². The Morgan fingerprint density at radius 1 is 1.07 bits per heavy atom. The molecule has 42 heavy (non-hydrogen) atoms. The summed E-state index contributed by atoms with van der Waals surface area (Å²) in [4.78, 5) is 22.5. The van der Waals surface area contributed by atoms with Crippen LogP contribution in [0.3, 0.4) is 0 Å². The second-order valence-corrected chi connectivity index (χ2v) is 12.0. The van der Waals surface area contributed by atoms with Crippen molar-refractivity contribution in [1.29, 1.82) is 0 Å². The Bertz CT molecular complexity index is 1530. The van der Waals surface area contributed by atoms with Crippen LogP contribution in [0, 0.1) is 6.92 Å². The SMILES string of the molecule is COc1cc(C(=O)NCCN(C)C)ccc1Nc1ncc(C(F)(F)F)c(CCc2ccc(C)cc2N(C)S(C)(=O)=O)n1. The minimum Gasteiger partial charge on any atom is -0.495 e. The molecule has 0 atom stereocenters. The normalized spacial score (nSPS) is 11.9. The van der Waals surface area contributed by atoms with Crippen molar-refractivity contribution < 1.29 is 31.1 Å². The van der Waals surface area contributed by atoms with Gasteiger partial charge in [0.1, 0.15) is 5.75 Å². The molecule has 10 nitrogen and oxygen atoms in total. The second kappa shape index (κ2) is 13.4. The molecule has 0 aliphatic heterocycles. The van der Waals surface area contributed by atoms with Crippen molar-refractivity contribution in [1.82, 2.24) is 20.2 Å². The van der Waals surface area contributed by atoms with Crippen LogP contribution in [0.2, 0.25) is 0 Å². The summed E-state index contributed by atoms with van der Waals surface area (Å²) in [6, 6.07) is 9.76. The first-order chi connectivity index (χ1) is 19.6. The van der Waals surface area contributed by atoms with Crippen molar-refractivity contribution in [3.63, 3.8) is 0 Å². The number of likely N-dealkylation sites (N-methyl/N-ethyl adjacent to an activating group) is 1. The maximum atomic E-state index is 13.9. The summed E-state index contributed by atoms with van der Waals surface area (Å²) in [6.07, 6.45) is -2.98. The van der Waals surface area contributed by atoms with Gasteiger partial charge in [-0.15, -0.1) is 0 Å². The van der Waals surface area contributed by atoms with Gasteiger partial charge < -0.3 is 20.3 Å². The zero-order valence-corrected chi connectivity index (χ0v) is 25.2. The van der Waals surface area contributed by atoms with E-state index < -0.39 is 21.8 Å². The smallest absolute Gasteiger partial charge is 0.419 e. The van der Waals surface area contributed by atoms with Crippen LogP contribution in [0.15, 0.2) is 42.6 Å². The Balaban J connectivity index is 1.89. The van der Waals surface area contributed by atoms with E-state index in [4.69, 9.17) is 4.74 Å². The number of ether oxygens (including phenoxy) is 1. The first-order valence-corrected chi connectivity index (χ1v) is 14.8. The van der Waals surface area contributed by atoms with Gasteiger partial charge in [0.25, 0.3) is 5.91 Å². The number of carbonyl (C=O) groups excluding carboxylic acids is 1. The molecule has 228 valence electrons. The molecule has 0 aliphatic rings. The van der Waals surface area contributed by atoms with Gasteiger partial charge in [0.2, 0.25) is 16.0 Å². The maximum Gasteiger partial charge on any atom is 0.419 e. The van der Waals surface area contributed by atoms with Gasteiger partial charge in [0.05, 0.1) is 36.0 Å². The predicted octanol–water partition coefficient (Wildman–Crippen LogP) is 4.03. The highest BCUT2D eigenvalue weighted by Gasteiger charge is 2.35. The Hall–Kier alpha value is -3.91. The number of aryl methyl sites for hydroxylation is 3. The highest BCUT2D eigenvalue weighted by molar-refractivity contribution is 7.92. The molecule has 0 saturated carbocycles. The fraction of sp³-hybridized carbons (Fsp3) is 0.393. The number of alkyl halides is 3. The molecule has 1 aromatic heterocycles. The quantitative estimate of drug-likeness (QED) is 0.317. The molecule has 1 heterocycles. The van der Waals surface area contributed by atoms with Gasteiger partial charge in [-0.1, -0.05) is 12.1 Å². The van der Waals surface area contributed by atoms with Crippen LogP contribution in [-0.2, 0) is 29.0 Å². The van der Waals surface area contributed by atoms with E-state index in [1.807, 2.05) is 19.0 Å². The number of sulfonamides is 1. The van der Waals surface area contributed by atoms with Gasteiger partial charge in [0, 0.05) is 31.9 Å². The van der Waals surface area contributed by atoms with Crippen LogP contribution in [0.25, 0.3) is 0 Å². The number of halogens is 3. The molecule has 0 aliphatic carbocycles. The molecular formula is C28H35F3N6O4S. The molecule has 0 unspecified atom stereocenters. The van der Waals surface area contributed by atoms with Crippen LogP contribution in [0.4, 0.5) is 30.5 Å². The minimum absolute atomic E-state index is 0.0932. The van der Waals surface area contributed by atoms with Crippen molar-refractivity contribution in [2.24, 2.45) is 0 Å². The predicted molar refractivity (Wildman–Crippen MR) is 156 cm³/mol. The lowest BCUT2D eigenvalue weighted by Gasteiger charge is -2.21. The molecule has 0 radical (unpaired) electrons. The minimum atomic E-state index is -4.70. The highest BCUT2D eigenvalue weighted by Crippen LogP contribution is 2.34. The molecule has 1 amide bonds. The Kier molecular flexibility index (Phi) is 10.4. The molecule has 2 N–H and O–H groups in total. The van der Waals surface area contributed by atoms with Gasteiger partial charge in [-0.3, -0.25) is 9.10 Å². The zero-order valence-electron chi connectivity index (χ0n) is 24.3. The molecule has 3 aromatic rings. The van der Waals surface area contributed by atoms with Gasteiger partial charge in [0.15, 0.2) is 0 Å². The van der Waals surface area contributed by atoms with Gasteiger partial charge in [-0.05, 0) is 69.3 Å². The monoisotopic (exact) mass is 608 g/mol. The van der Waals surface area contributed by atoms with Crippen LogP contribution in [0.5, 0.6) is 5.75 Å². The number of carbonyl (C=O) groups is 1. The lowest BCUT2D eigenvalue weighted by atomic mass is 10.0. The van der Waals surface area contributed by atoms with E-state index in [2.05, 4.69) is 20.6 Å². The number of amides is 1. The summed E-state index contributed by atoms with van der Waals surface area (Å²) >= 11 is 0. The van der Waals surface area contributed by atoms with Gasteiger partial charge >= 0.3 is 6.18 Å². The fourth-order valence-electron chi connectivity index (χ4n) is 4.07. The number of nitrogens with zero attached hydrogens (tertiary/aromatic N) is 4. The number of anilines is 3. The lowest BCUT2D eigenvalue weighted by molar-refractivity contribution is -0.138. The van der Waals surface area contributed by atoms with E-state index in [1.165, 1.54) is 20.2 Å². The molecular weight excluding hydrogens is 573 g/mol. The van der Waals surface area contributed by atoms with E-state index in [0.717, 1.165) is 16.1 Å². The van der Waals surface area contributed by atoms with E-state index in [0.29, 0.717) is 41.8 Å². The number of rotatable bonds is 12. The van der Waals surface area contributed by atoms with Crippen LogP contribution < -0.4 is 19.7 Å². The number of methoxy groups -OCH3 is 1. The maximum absolute atomic E-state index is 13.9. The summed E-state index contributed by atoms with van der Waals surface area (Å²) in [5.41, 5.74) is 1.19. The number of hydrogen-bond acceptors (Lipinski definition) is 8. The van der Waals surface area contributed by atoms with Crippen molar-refractivity contribution >= 4 is 33.3 Å². The molecule has 0 fully saturated rings. The Morgan fingerprint density at radius 3 is 2.40 bits per heavy atom. The lowest BCUT2D eigenvalue weighted by Crippen LogP contribution is -2.31. The fourth-order valence-corrected chi connectivity index (χ4v) is 4.59. The largest absolute Gasteiger partial charge is 0.495 e. The number of aromatic nitrogens is 2. The summed E-state index contributed by atoms with van der Waals surface area (Å²) in [6.45, 7) is 2.91. The average Bonchev–Trinajstić information content (AvgIpc) is 2.90. The van der Waals surface area contributed by atoms with Crippen LogP contribution >= 0.6 is 0 Å².